The lowest BCUT2D eigenvalue weighted by Gasteiger charge is -2.32. The fraction of sp³-hybridized carbons (Fsp3) is 0.480. The van der Waals surface area contributed by atoms with Crippen molar-refractivity contribution >= 4 is 17.9 Å². The van der Waals surface area contributed by atoms with E-state index in [1.807, 2.05) is 24.3 Å². The van der Waals surface area contributed by atoms with Gasteiger partial charge in [-0.25, -0.2) is 24.4 Å². The molecule has 258 valence electrons. The zero-order chi connectivity index (χ0) is 35.3. The summed E-state index contributed by atoms with van der Waals surface area (Å²) in [6.07, 6.45) is -9.47. The molecule has 0 aromatic carbocycles. The number of hydrogen-bond donors (Lipinski definition) is 3. The highest BCUT2D eigenvalue weighted by Crippen LogP contribution is 2.33. The standard InChI is InChI=1S/C19H23N3O3.3C2HF3O2/c1-23-19-14(6-4-10-21-19)12-22-13-16(18-15(22)7-5-11-24-18)25-17-8-2-3-9-20-17;3*3-2(4,5)1(6)7/h2-4,6,8-10,15-16,18H,5,7,11-13H2,1H3;3*(H,6,7)/t15-,16-,18+;;;/m1.../s1. The van der Waals surface area contributed by atoms with Crippen LogP contribution in [-0.2, 0) is 25.7 Å². The highest BCUT2D eigenvalue weighted by atomic mass is 19.4. The van der Waals surface area contributed by atoms with Gasteiger partial charge >= 0.3 is 36.4 Å². The third-order valence-electron chi connectivity index (χ3n) is 5.64. The number of nitrogens with zero attached hydrogens (tertiary/aromatic N) is 3. The summed E-state index contributed by atoms with van der Waals surface area (Å²) in [5.74, 6) is -6.93. The summed E-state index contributed by atoms with van der Waals surface area (Å²) in [6, 6.07) is 10.1. The van der Waals surface area contributed by atoms with Crippen LogP contribution in [0.3, 0.4) is 0 Å². The van der Waals surface area contributed by atoms with Crippen molar-refractivity contribution in [1.29, 1.82) is 0 Å². The van der Waals surface area contributed by atoms with Gasteiger partial charge in [0.25, 0.3) is 0 Å². The van der Waals surface area contributed by atoms with Crippen molar-refractivity contribution in [2.75, 3.05) is 20.3 Å². The van der Waals surface area contributed by atoms with Crippen LogP contribution in [0.4, 0.5) is 39.5 Å². The SMILES string of the molecule is COc1ncccc1CN1C[C@@H](Oc2ccccn2)[C@H]2OCCC[C@H]21.O=C(O)C(F)(F)F.O=C(O)C(F)(F)F.O=C(O)C(F)(F)F. The lowest BCUT2D eigenvalue weighted by Crippen LogP contribution is -2.42. The molecule has 3 atom stereocenters. The Kier molecular flexibility index (Phi) is 14.9. The quantitative estimate of drug-likeness (QED) is 0.385. The number of aromatic nitrogens is 2. The Morgan fingerprint density at radius 1 is 0.870 bits per heavy atom. The zero-order valence-corrected chi connectivity index (χ0v) is 23.3. The number of alkyl halides is 9. The molecule has 4 rings (SSSR count). The number of methoxy groups -OCH3 is 1. The molecule has 2 aliphatic heterocycles. The summed E-state index contributed by atoms with van der Waals surface area (Å²) in [4.78, 5) is 37.7. The minimum Gasteiger partial charge on any atom is -0.481 e. The molecule has 0 bridgehead atoms. The Morgan fingerprint density at radius 3 is 1.85 bits per heavy atom. The van der Waals surface area contributed by atoms with Crippen LogP contribution in [0.2, 0.25) is 0 Å². The highest BCUT2D eigenvalue weighted by molar-refractivity contribution is 5.73. The molecule has 2 aliphatic rings. The molecular weight excluding hydrogens is 657 g/mol. The fourth-order valence-electron chi connectivity index (χ4n) is 3.81. The monoisotopic (exact) mass is 683 g/mol. The molecule has 12 nitrogen and oxygen atoms in total. The van der Waals surface area contributed by atoms with E-state index in [1.54, 1.807) is 19.5 Å². The zero-order valence-electron chi connectivity index (χ0n) is 23.3. The molecule has 2 saturated heterocycles. The van der Waals surface area contributed by atoms with Gasteiger partial charge < -0.3 is 29.5 Å². The molecular formula is C25H26F9N3O9. The predicted octanol–water partition coefficient (Wildman–Crippen LogP) is 4.20. The average Bonchev–Trinajstić information content (AvgIpc) is 3.30. The maximum absolute atomic E-state index is 10.6. The van der Waals surface area contributed by atoms with Gasteiger partial charge in [0.15, 0.2) is 0 Å². The Hall–Kier alpha value is -4.40. The summed E-state index contributed by atoms with van der Waals surface area (Å²) in [6.45, 7) is 2.39. The molecule has 0 spiro atoms. The molecule has 3 N–H and O–H groups in total. The topological polar surface area (TPSA) is 169 Å². The first-order valence-electron chi connectivity index (χ1n) is 12.5. The number of likely N-dealkylation sites (tertiary alicyclic amines) is 1. The first-order chi connectivity index (χ1) is 21.2. The van der Waals surface area contributed by atoms with Crippen LogP contribution in [-0.4, -0.2) is 105 Å². The summed E-state index contributed by atoms with van der Waals surface area (Å²) >= 11 is 0. The van der Waals surface area contributed by atoms with E-state index in [4.69, 9.17) is 43.9 Å². The van der Waals surface area contributed by atoms with Gasteiger partial charge in [-0.2, -0.15) is 39.5 Å². The Labute approximate surface area is 253 Å². The molecule has 0 amide bonds. The minimum absolute atomic E-state index is 0.0112. The van der Waals surface area contributed by atoms with Gasteiger partial charge in [0.1, 0.15) is 12.2 Å². The fourth-order valence-corrected chi connectivity index (χ4v) is 3.81. The van der Waals surface area contributed by atoms with Crippen molar-refractivity contribution < 1.29 is 83.4 Å². The van der Waals surface area contributed by atoms with Crippen LogP contribution in [0, 0.1) is 0 Å². The van der Waals surface area contributed by atoms with E-state index in [1.165, 1.54) is 0 Å². The number of aliphatic carboxylic acids is 3. The number of carbonyl (C=O) groups is 3. The average molecular weight is 683 g/mol. The van der Waals surface area contributed by atoms with E-state index in [2.05, 4.69) is 20.9 Å². The first-order valence-corrected chi connectivity index (χ1v) is 12.5. The number of fused-ring (bicyclic) bond motifs is 1. The van der Waals surface area contributed by atoms with Crippen LogP contribution in [0.1, 0.15) is 18.4 Å². The Morgan fingerprint density at radius 2 is 1.39 bits per heavy atom. The van der Waals surface area contributed by atoms with Crippen molar-refractivity contribution in [3.8, 4) is 11.8 Å². The van der Waals surface area contributed by atoms with E-state index < -0.39 is 36.4 Å². The van der Waals surface area contributed by atoms with E-state index in [9.17, 15) is 39.5 Å². The Balaban J connectivity index is 0.000000413. The number of carboxylic acid groups (broad SMARTS) is 3. The second kappa shape index (κ2) is 17.3. The number of pyridine rings is 2. The van der Waals surface area contributed by atoms with E-state index in [-0.39, 0.29) is 12.2 Å². The summed E-state index contributed by atoms with van der Waals surface area (Å²) in [7, 11) is 1.66. The third kappa shape index (κ3) is 13.7. The molecule has 46 heavy (non-hydrogen) atoms. The van der Waals surface area contributed by atoms with Gasteiger partial charge in [-0.15, -0.1) is 0 Å². The lowest BCUT2D eigenvalue weighted by atomic mass is 10.0. The molecule has 0 aliphatic carbocycles. The Bertz CT molecular complexity index is 1210. The predicted molar refractivity (Wildman–Crippen MR) is 134 cm³/mol. The number of carboxylic acids is 3. The molecule has 2 fully saturated rings. The van der Waals surface area contributed by atoms with Crippen LogP contribution in [0.25, 0.3) is 0 Å². The number of rotatable bonds is 5. The largest absolute Gasteiger partial charge is 0.490 e. The third-order valence-corrected chi connectivity index (χ3v) is 5.64. The van der Waals surface area contributed by atoms with Crippen molar-refractivity contribution in [3.63, 3.8) is 0 Å². The van der Waals surface area contributed by atoms with Gasteiger partial charge in [0.2, 0.25) is 11.8 Å². The number of ether oxygens (including phenoxy) is 3. The number of halogens is 9. The van der Waals surface area contributed by atoms with Crippen LogP contribution in [0.5, 0.6) is 11.8 Å². The summed E-state index contributed by atoms with van der Waals surface area (Å²) < 4.78 is 113. The van der Waals surface area contributed by atoms with Gasteiger partial charge in [0.05, 0.1) is 7.11 Å². The molecule has 0 saturated carbocycles. The van der Waals surface area contributed by atoms with Crippen LogP contribution >= 0.6 is 0 Å². The second-order valence-electron chi connectivity index (χ2n) is 8.88. The van der Waals surface area contributed by atoms with E-state index >= 15 is 0 Å². The van der Waals surface area contributed by atoms with Gasteiger partial charge in [-0.05, 0) is 25.0 Å². The maximum Gasteiger partial charge on any atom is 0.490 e. The van der Waals surface area contributed by atoms with Crippen molar-refractivity contribution in [3.05, 3.63) is 48.3 Å². The van der Waals surface area contributed by atoms with Gasteiger partial charge in [0, 0.05) is 49.8 Å². The molecule has 4 heterocycles. The minimum atomic E-state index is -5.08. The maximum atomic E-state index is 10.6. The lowest BCUT2D eigenvalue weighted by molar-refractivity contribution is -0.193. The highest BCUT2D eigenvalue weighted by Gasteiger charge is 2.46. The number of hydrogen-bond acceptors (Lipinski definition) is 9. The van der Waals surface area contributed by atoms with Crippen molar-refractivity contribution in [1.82, 2.24) is 14.9 Å². The molecule has 2 aromatic heterocycles. The van der Waals surface area contributed by atoms with Crippen LogP contribution in [0.15, 0.2) is 42.7 Å². The van der Waals surface area contributed by atoms with Gasteiger partial charge in [-0.1, -0.05) is 12.1 Å². The molecule has 0 radical (unpaired) electrons. The van der Waals surface area contributed by atoms with Crippen molar-refractivity contribution in [2.24, 2.45) is 0 Å². The van der Waals surface area contributed by atoms with E-state index in [0.717, 1.165) is 38.1 Å². The molecule has 0 unspecified atom stereocenters. The molecule has 2 aromatic rings. The summed E-state index contributed by atoms with van der Waals surface area (Å²) in [5.41, 5.74) is 1.09. The van der Waals surface area contributed by atoms with Crippen molar-refractivity contribution in [2.45, 2.75) is 56.2 Å². The smallest absolute Gasteiger partial charge is 0.481 e. The van der Waals surface area contributed by atoms with Crippen LogP contribution < -0.4 is 9.47 Å². The first kappa shape index (κ1) is 39.6. The van der Waals surface area contributed by atoms with E-state index in [0.29, 0.717) is 17.8 Å². The molecule has 21 heteroatoms. The van der Waals surface area contributed by atoms with Gasteiger partial charge in [-0.3, -0.25) is 4.90 Å². The summed E-state index contributed by atoms with van der Waals surface area (Å²) in [5, 5.41) is 21.4. The normalized spacial score (nSPS) is 19.4. The second-order valence-corrected chi connectivity index (χ2v) is 8.88.